The van der Waals surface area contributed by atoms with Crippen LogP contribution < -0.4 is 0 Å². The summed E-state index contributed by atoms with van der Waals surface area (Å²) in [4.78, 5) is 4.86. The van der Waals surface area contributed by atoms with Gasteiger partial charge < -0.3 is 0 Å². The Kier molecular flexibility index (Phi) is 1.87. The molecule has 18 heavy (non-hydrogen) atoms. The van der Waals surface area contributed by atoms with Crippen LogP contribution in [-0.4, -0.2) is 4.98 Å². The first-order valence-corrected chi connectivity index (χ1v) is 6.30. The first-order chi connectivity index (χ1) is 8.81. The van der Waals surface area contributed by atoms with Crippen LogP contribution in [0.3, 0.4) is 0 Å². The Balaban J connectivity index is 2.05. The lowest BCUT2D eigenvalue weighted by atomic mass is 10.1. The van der Waals surface area contributed by atoms with Crippen molar-refractivity contribution in [3.63, 3.8) is 0 Å². The van der Waals surface area contributed by atoms with E-state index in [-0.39, 0.29) is 0 Å². The van der Waals surface area contributed by atoms with Crippen molar-refractivity contribution in [1.82, 2.24) is 4.98 Å². The summed E-state index contributed by atoms with van der Waals surface area (Å²) in [6.07, 6.45) is 1.02. The summed E-state index contributed by atoms with van der Waals surface area (Å²) in [6.45, 7) is 2.11. The summed E-state index contributed by atoms with van der Waals surface area (Å²) in [6, 6.07) is 17.3. The van der Waals surface area contributed by atoms with Gasteiger partial charge in [0.25, 0.3) is 0 Å². The third-order valence-electron chi connectivity index (χ3n) is 3.71. The fraction of sp³-hybridized carbons (Fsp3) is 0.118. The molecule has 3 aromatic rings. The van der Waals surface area contributed by atoms with E-state index in [1.165, 1.54) is 33.3 Å². The van der Waals surface area contributed by atoms with Crippen LogP contribution in [0.2, 0.25) is 0 Å². The molecule has 0 spiro atoms. The molecule has 1 heterocycles. The van der Waals surface area contributed by atoms with E-state index >= 15 is 0 Å². The quantitative estimate of drug-likeness (QED) is 0.443. The molecule has 1 nitrogen and oxygen atoms in total. The molecule has 0 amide bonds. The van der Waals surface area contributed by atoms with Crippen molar-refractivity contribution in [3.8, 4) is 11.3 Å². The van der Waals surface area contributed by atoms with E-state index in [0.717, 1.165) is 11.9 Å². The first-order valence-electron chi connectivity index (χ1n) is 6.30. The van der Waals surface area contributed by atoms with E-state index in [2.05, 4.69) is 55.5 Å². The SMILES string of the molecule is Cc1ccc2cc3c(nc2c1)-c1ccccc1C3. The Labute approximate surface area is 106 Å². The maximum atomic E-state index is 4.86. The number of nitrogens with zero attached hydrogens (tertiary/aromatic N) is 1. The first kappa shape index (κ1) is 9.84. The average Bonchev–Trinajstić information content (AvgIpc) is 2.74. The number of pyridine rings is 1. The standard InChI is InChI=1S/C17H13N/c1-11-6-7-13-10-14-9-12-4-2-3-5-15(12)17(14)18-16(13)8-11/h2-8,10H,9H2,1H3. The largest absolute Gasteiger partial charge is 0.247 e. The minimum absolute atomic E-state index is 1.02. The van der Waals surface area contributed by atoms with Gasteiger partial charge in [-0.25, -0.2) is 4.98 Å². The molecule has 0 saturated carbocycles. The van der Waals surface area contributed by atoms with Crippen LogP contribution in [0.1, 0.15) is 16.7 Å². The number of hydrogen-bond donors (Lipinski definition) is 0. The Bertz CT molecular complexity index is 772. The second kappa shape index (κ2) is 3.42. The highest BCUT2D eigenvalue weighted by molar-refractivity contribution is 5.86. The van der Waals surface area contributed by atoms with E-state index in [4.69, 9.17) is 4.98 Å². The van der Waals surface area contributed by atoms with Gasteiger partial charge in [-0.05, 0) is 35.7 Å². The molecule has 0 radical (unpaired) electrons. The molecule has 0 atom stereocenters. The lowest BCUT2D eigenvalue weighted by Gasteiger charge is -2.04. The minimum atomic E-state index is 1.02. The van der Waals surface area contributed by atoms with E-state index in [9.17, 15) is 0 Å². The molecule has 1 heteroatoms. The summed E-state index contributed by atoms with van der Waals surface area (Å²) >= 11 is 0. The van der Waals surface area contributed by atoms with Gasteiger partial charge in [-0.1, -0.05) is 36.4 Å². The van der Waals surface area contributed by atoms with Crippen LogP contribution in [0.5, 0.6) is 0 Å². The molecule has 0 saturated heterocycles. The van der Waals surface area contributed by atoms with Crippen LogP contribution in [0.25, 0.3) is 22.2 Å². The van der Waals surface area contributed by atoms with E-state index in [1.807, 2.05) is 0 Å². The Hall–Kier alpha value is -2.15. The number of aromatic nitrogens is 1. The van der Waals surface area contributed by atoms with Gasteiger partial charge in [-0.2, -0.15) is 0 Å². The zero-order valence-electron chi connectivity index (χ0n) is 10.3. The number of rotatable bonds is 0. The highest BCUT2D eigenvalue weighted by Gasteiger charge is 2.19. The van der Waals surface area contributed by atoms with Crippen molar-refractivity contribution < 1.29 is 0 Å². The van der Waals surface area contributed by atoms with Crippen LogP contribution in [0, 0.1) is 6.92 Å². The molecular formula is C17H13N. The Morgan fingerprint density at radius 1 is 0.944 bits per heavy atom. The minimum Gasteiger partial charge on any atom is -0.247 e. The summed E-state index contributed by atoms with van der Waals surface area (Å²) in [5.74, 6) is 0. The van der Waals surface area contributed by atoms with E-state index in [0.29, 0.717) is 0 Å². The Morgan fingerprint density at radius 2 is 1.83 bits per heavy atom. The van der Waals surface area contributed by atoms with Crippen LogP contribution in [0.4, 0.5) is 0 Å². The molecule has 86 valence electrons. The van der Waals surface area contributed by atoms with Crippen molar-refractivity contribution in [1.29, 1.82) is 0 Å². The molecular weight excluding hydrogens is 218 g/mol. The lowest BCUT2D eigenvalue weighted by Crippen LogP contribution is -1.87. The monoisotopic (exact) mass is 231 g/mol. The van der Waals surface area contributed by atoms with Gasteiger partial charge in [-0.15, -0.1) is 0 Å². The third-order valence-corrected chi connectivity index (χ3v) is 3.71. The third kappa shape index (κ3) is 1.31. The van der Waals surface area contributed by atoms with Crippen LogP contribution in [0.15, 0.2) is 48.5 Å². The van der Waals surface area contributed by atoms with Crippen LogP contribution >= 0.6 is 0 Å². The van der Waals surface area contributed by atoms with E-state index < -0.39 is 0 Å². The van der Waals surface area contributed by atoms with Crippen molar-refractivity contribution >= 4 is 10.9 Å². The Morgan fingerprint density at radius 3 is 2.78 bits per heavy atom. The molecule has 0 fully saturated rings. The summed E-state index contributed by atoms with van der Waals surface area (Å²) < 4.78 is 0. The second-order valence-electron chi connectivity index (χ2n) is 5.03. The van der Waals surface area contributed by atoms with Crippen molar-refractivity contribution in [2.24, 2.45) is 0 Å². The predicted octanol–water partition coefficient (Wildman–Crippen LogP) is 4.11. The molecule has 0 N–H and O–H groups in total. The van der Waals surface area contributed by atoms with Gasteiger partial charge in [0.15, 0.2) is 0 Å². The van der Waals surface area contributed by atoms with Gasteiger partial charge in [0, 0.05) is 17.4 Å². The fourth-order valence-corrected chi connectivity index (χ4v) is 2.80. The highest BCUT2D eigenvalue weighted by atomic mass is 14.7. The topological polar surface area (TPSA) is 12.9 Å². The molecule has 0 unspecified atom stereocenters. The number of hydrogen-bond acceptors (Lipinski definition) is 1. The molecule has 2 aromatic carbocycles. The van der Waals surface area contributed by atoms with Gasteiger partial charge in [0.2, 0.25) is 0 Å². The van der Waals surface area contributed by atoms with Gasteiger partial charge in [-0.3, -0.25) is 0 Å². The van der Waals surface area contributed by atoms with Crippen molar-refractivity contribution in [2.45, 2.75) is 13.3 Å². The summed E-state index contributed by atoms with van der Waals surface area (Å²) in [7, 11) is 0. The second-order valence-corrected chi connectivity index (χ2v) is 5.03. The van der Waals surface area contributed by atoms with Crippen LogP contribution in [-0.2, 0) is 6.42 Å². The van der Waals surface area contributed by atoms with Gasteiger partial charge in [0.1, 0.15) is 0 Å². The van der Waals surface area contributed by atoms with E-state index in [1.54, 1.807) is 0 Å². The van der Waals surface area contributed by atoms with Crippen molar-refractivity contribution in [3.05, 3.63) is 65.2 Å². The fourth-order valence-electron chi connectivity index (χ4n) is 2.80. The summed E-state index contributed by atoms with van der Waals surface area (Å²) in [5.41, 5.74) is 7.59. The highest BCUT2D eigenvalue weighted by Crippen LogP contribution is 2.36. The van der Waals surface area contributed by atoms with Gasteiger partial charge >= 0.3 is 0 Å². The zero-order chi connectivity index (χ0) is 12.1. The van der Waals surface area contributed by atoms with Gasteiger partial charge in [0.05, 0.1) is 11.2 Å². The maximum absolute atomic E-state index is 4.86. The number of benzene rings is 2. The maximum Gasteiger partial charge on any atom is 0.0747 e. The molecule has 1 aliphatic carbocycles. The normalized spacial score (nSPS) is 12.5. The number of aryl methyl sites for hydroxylation is 1. The summed E-state index contributed by atoms with van der Waals surface area (Å²) in [5, 5.41) is 1.24. The molecule has 4 rings (SSSR count). The van der Waals surface area contributed by atoms with Crippen molar-refractivity contribution in [2.75, 3.05) is 0 Å². The predicted molar refractivity (Wildman–Crippen MR) is 74.7 cm³/mol. The number of fused-ring (bicyclic) bond motifs is 4. The zero-order valence-corrected chi connectivity index (χ0v) is 10.3. The lowest BCUT2D eigenvalue weighted by molar-refractivity contribution is 1.25. The molecule has 1 aliphatic rings. The molecule has 1 aromatic heterocycles. The molecule has 0 aliphatic heterocycles. The average molecular weight is 231 g/mol. The molecule has 0 bridgehead atoms. The smallest absolute Gasteiger partial charge is 0.0747 e.